The molecule has 3 heterocycles. The molecule has 44 heavy (non-hydrogen) atoms. The Morgan fingerprint density at radius 2 is 1.73 bits per heavy atom. The van der Waals surface area contributed by atoms with Gasteiger partial charge in [-0.25, -0.2) is 9.78 Å². The van der Waals surface area contributed by atoms with E-state index < -0.39 is 19.3 Å². The highest BCUT2D eigenvalue weighted by atomic mass is 16.7. The van der Waals surface area contributed by atoms with Gasteiger partial charge in [0.15, 0.2) is 0 Å². The van der Waals surface area contributed by atoms with Crippen molar-refractivity contribution in [2.24, 2.45) is 11.8 Å². The van der Waals surface area contributed by atoms with Crippen LogP contribution in [0, 0.1) is 11.8 Å². The number of H-pyrrole nitrogens is 1. The molecule has 3 aliphatic rings. The van der Waals surface area contributed by atoms with Gasteiger partial charge in [-0.1, -0.05) is 57.0 Å². The van der Waals surface area contributed by atoms with E-state index in [9.17, 15) is 9.59 Å². The predicted octanol–water partition coefficient (Wildman–Crippen LogP) is 5.74. The number of fused-ring (bicyclic) bond motifs is 2. The summed E-state index contributed by atoms with van der Waals surface area (Å²) in [5, 5.41) is 5.00. The lowest BCUT2D eigenvalue weighted by atomic mass is 9.78. The van der Waals surface area contributed by atoms with E-state index in [0.29, 0.717) is 5.92 Å². The number of carbonyl (C=O) groups excluding carboxylic acids is 2. The lowest BCUT2D eigenvalue weighted by Gasteiger charge is -2.36. The van der Waals surface area contributed by atoms with Gasteiger partial charge in [0.2, 0.25) is 5.91 Å². The number of carbonyl (C=O) groups is 2. The Morgan fingerprint density at radius 1 is 1.05 bits per heavy atom. The van der Waals surface area contributed by atoms with Gasteiger partial charge in [0.05, 0.1) is 36.2 Å². The number of hydrogen-bond donors (Lipinski definition) is 2. The summed E-state index contributed by atoms with van der Waals surface area (Å²) in [5.74, 6) is 1.07. The molecule has 234 valence electrons. The topological polar surface area (TPSA) is 106 Å². The molecule has 2 amide bonds. The van der Waals surface area contributed by atoms with Crippen molar-refractivity contribution in [2.45, 2.75) is 103 Å². The van der Waals surface area contributed by atoms with Crippen LogP contribution in [0.3, 0.4) is 0 Å². The molecule has 2 saturated heterocycles. The molecule has 0 spiro atoms. The summed E-state index contributed by atoms with van der Waals surface area (Å²) in [5.41, 5.74) is 2.16. The van der Waals surface area contributed by atoms with Crippen LogP contribution >= 0.6 is 0 Å². The maximum absolute atomic E-state index is 14.1. The van der Waals surface area contributed by atoms with Crippen LogP contribution in [0.25, 0.3) is 22.0 Å². The number of rotatable bonds is 6. The first-order chi connectivity index (χ1) is 20.9. The number of nitrogens with zero attached hydrogens (tertiary/aromatic N) is 2. The molecule has 10 heteroatoms. The monoisotopic (exact) mass is 600 g/mol. The largest absolute Gasteiger partial charge is 0.494 e. The average molecular weight is 601 g/mol. The number of hydrogen-bond acceptors (Lipinski definition) is 6. The SMILES string of the molecule is COC(=O)N[C@H](C(=O)N1[C@H](c2ncc(-c3ccc4cc(B5OC(C)(C)C(C)(C)O5)ccc4c3)[nH]2)C[C@@H]2CCCC[C@@H]21)C(C)C. The molecule has 2 N–H and O–H groups in total. The van der Waals surface area contributed by atoms with Crippen LogP contribution in [0.4, 0.5) is 4.79 Å². The molecule has 6 rings (SSSR count). The van der Waals surface area contributed by atoms with Crippen LogP contribution in [-0.2, 0) is 18.8 Å². The van der Waals surface area contributed by atoms with E-state index in [0.717, 1.165) is 59.0 Å². The fourth-order valence-electron chi connectivity index (χ4n) is 7.09. The second-order valence-electron chi connectivity index (χ2n) is 14.1. The van der Waals surface area contributed by atoms with Gasteiger partial charge in [-0.05, 0) is 81.1 Å². The summed E-state index contributed by atoms with van der Waals surface area (Å²) in [6.45, 7) is 12.2. The number of methoxy groups -OCH3 is 1. The number of aromatic nitrogens is 2. The highest BCUT2D eigenvalue weighted by molar-refractivity contribution is 6.62. The van der Waals surface area contributed by atoms with Crippen molar-refractivity contribution in [1.29, 1.82) is 0 Å². The van der Waals surface area contributed by atoms with Gasteiger partial charge < -0.3 is 29.2 Å². The van der Waals surface area contributed by atoms with Crippen LogP contribution < -0.4 is 10.8 Å². The van der Waals surface area contributed by atoms with E-state index in [-0.39, 0.29) is 35.1 Å². The summed E-state index contributed by atoms with van der Waals surface area (Å²) < 4.78 is 17.4. The second-order valence-corrected chi connectivity index (χ2v) is 14.1. The number of imidazole rings is 1. The molecule has 9 nitrogen and oxygen atoms in total. The number of alkyl carbamates (subject to hydrolysis) is 1. The molecular weight excluding hydrogens is 555 g/mol. The van der Waals surface area contributed by atoms with Gasteiger partial charge in [0.1, 0.15) is 11.9 Å². The normalized spacial score (nSPS) is 24.9. The lowest BCUT2D eigenvalue weighted by Crippen LogP contribution is -2.53. The third-order valence-electron chi connectivity index (χ3n) is 10.3. The Morgan fingerprint density at radius 3 is 2.43 bits per heavy atom. The van der Waals surface area contributed by atoms with Crippen molar-refractivity contribution in [3.05, 3.63) is 48.4 Å². The molecule has 4 atom stereocenters. The van der Waals surface area contributed by atoms with Crippen LogP contribution in [0.2, 0.25) is 0 Å². The van der Waals surface area contributed by atoms with Gasteiger partial charge in [-0.15, -0.1) is 0 Å². The van der Waals surface area contributed by atoms with Gasteiger partial charge in [-0.3, -0.25) is 4.79 Å². The number of ether oxygens (including phenoxy) is 1. The maximum atomic E-state index is 14.1. The van der Waals surface area contributed by atoms with Crippen LogP contribution in [0.1, 0.15) is 85.5 Å². The number of amides is 2. The zero-order valence-electron chi connectivity index (χ0n) is 27.0. The summed E-state index contributed by atoms with van der Waals surface area (Å²) in [7, 11) is 0.918. The Kier molecular flexibility index (Phi) is 8.03. The highest BCUT2D eigenvalue weighted by Crippen LogP contribution is 2.46. The van der Waals surface area contributed by atoms with E-state index in [1.165, 1.54) is 13.5 Å². The van der Waals surface area contributed by atoms with Crippen molar-refractivity contribution in [1.82, 2.24) is 20.2 Å². The quantitative estimate of drug-likeness (QED) is 0.350. The van der Waals surface area contributed by atoms with Gasteiger partial charge in [0.25, 0.3) is 0 Å². The minimum Gasteiger partial charge on any atom is -0.453 e. The summed E-state index contributed by atoms with van der Waals surface area (Å²) in [6, 6.07) is 12.0. The second kappa shape index (κ2) is 11.5. The third kappa shape index (κ3) is 5.51. The van der Waals surface area contributed by atoms with E-state index in [1.807, 2.05) is 24.9 Å². The molecule has 0 bridgehead atoms. The van der Waals surface area contributed by atoms with Gasteiger partial charge in [-0.2, -0.15) is 0 Å². The Hall–Kier alpha value is -3.37. The molecule has 3 aromatic rings. The number of aromatic amines is 1. The number of benzene rings is 2. The average Bonchev–Trinajstić information content (AvgIpc) is 3.68. The number of likely N-dealkylation sites (tertiary alicyclic amines) is 1. The predicted molar refractivity (Wildman–Crippen MR) is 171 cm³/mol. The summed E-state index contributed by atoms with van der Waals surface area (Å²) >= 11 is 0. The van der Waals surface area contributed by atoms with Crippen LogP contribution in [0.5, 0.6) is 0 Å². The number of nitrogens with one attached hydrogen (secondary N) is 2. The maximum Gasteiger partial charge on any atom is 0.494 e. The van der Waals surface area contributed by atoms with Crippen molar-refractivity contribution in [2.75, 3.05) is 7.11 Å². The Bertz CT molecular complexity index is 1540. The Balaban J connectivity index is 1.26. The Labute approximate surface area is 260 Å². The van der Waals surface area contributed by atoms with E-state index in [4.69, 9.17) is 19.0 Å². The molecule has 2 aromatic carbocycles. The molecule has 2 aliphatic heterocycles. The summed E-state index contributed by atoms with van der Waals surface area (Å²) in [4.78, 5) is 36.6. The fourth-order valence-corrected chi connectivity index (χ4v) is 7.09. The third-order valence-corrected chi connectivity index (χ3v) is 10.3. The molecular formula is C34H45BN4O5. The van der Waals surface area contributed by atoms with E-state index in [1.54, 1.807) is 0 Å². The minimum atomic E-state index is -0.664. The van der Waals surface area contributed by atoms with E-state index >= 15 is 0 Å². The van der Waals surface area contributed by atoms with Crippen molar-refractivity contribution < 1.29 is 23.6 Å². The highest BCUT2D eigenvalue weighted by Gasteiger charge is 2.52. The van der Waals surface area contributed by atoms with Crippen molar-refractivity contribution in [3.63, 3.8) is 0 Å². The fraction of sp³-hybridized carbons (Fsp3) is 0.559. The van der Waals surface area contributed by atoms with Crippen LogP contribution in [0.15, 0.2) is 42.6 Å². The first-order valence-electron chi connectivity index (χ1n) is 16.0. The molecule has 1 aromatic heterocycles. The molecule has 1 aliphatic carbocycles. The van der Waals surface area contributed by atoms with Gasteiger partial charge in [0, 0.05) is 11.6 Å². The molecule has 3 fully saturated rings. The molecule has 0 unspecified atom stereocenters. The summed E-state index contributed by atoms with van der Waals surface area (Å²) in [6.07, 6.45) is 6.51. The van der Waals surface area contributed by atoms with Crippen molar-refractivity contribution >= 4 is 35.4 Å². The first kappa shape index (κ1) is 30.7. The zero-order valence-corrected chi connectivity index (χ0v) is 27.0. The lowest BCUT2D eigenvalue weighted by molar-refractivity contribution is -0.138. The van der Waals surface area contributed by atoms with Crippen LogP contribution in [-0.4, -0.2) is 64.4 Å². The smallest absolute Gasteiger partial charge is 0.453 e. The van der Waals surface area contributed by atoms with E-state index in [2.05, 4.69) is 74.4 Å². The molecule has 0 radical (unpaired) electrons. The minimum absolute atomic E-state index is 0.0637. The standard InChI is InChI=1S/C34H45BN4O5/c1-20(2)29(38-32(41)42-7)31(40)39-27-11-9-8-10-24(27)18-28(39)30-36-19-26(37-30)23-13-12-22-17-25(15-14-21(22)16-23)35-43-33(3,4)34(5,6)44-35/h12-17,19-20,24,27-29H,8-11,18H2,1-7H3,(H,36,37)(H,38,41)/t24-,27-,28-,29-/m0/s1. The first-order valence-corrected chi connectivity index (χ1v) is 16.0. The molecule has 1 saturated carbocycles. The van der Waals surface area contributed by atoms with Crippen molar-refractivity contribution in [3.8, 4) is 11.3 Å². The van der Waals surface area contributed by atoms with Gasteiger partial charge >= 0.3 is 13.2 Å². The zero-order chi connectivity index (χ0) is 31.4.